The highest BCUT2D eigenvalue weighted by molar-refractivity contribution is 6.07. The Kier molecular flexibility index (Phi) is 5.37. The summed E-state index contributed by atoms with van der Waals surface area (Å²) in [7, 11) is 0. The summed E-state index contributed by atoms with van der Waals surface area (Å²) in [4.78, 5) is 37.4. The Morgan fingerprint density at radius 3 is 2.38 bits per heavy atom. The first-order chi connectivity index (χ1) is 10.1. The minimum Gasteiger partial charge on any atom is -0.323 e. The fourth-order valence-corrected chi connectivity index (χ4v) is 3.34. The van der Waals surface area contributed by atoms with Crippen molar-refractivity contribution < 1.29 is 14.4 Å². The van der Waals surface area contributed by atoms with Crippen molar-refractivity contribution in [3.05, 3.63) is 0 Å². The van der Waals surface area contributed by atoms with Crippen LogP contribution in [-0.2, 0) is 9.59 Å². The second-order valence-electron chi connectivity index (χ2n) is 6.23. The molecule has 1 saturated heterocycles. The van der Waals surface area contributed by atoms with Crippen molar-refractivity contribution in [2.24, 2.45) is 0 Å². The van der Waals surface area contributed by atoms with E-state index >= 15 is 0 Å². The van der Waals surface area contributed by atoms with Gasteiger partial charge in [0, 0.05) is 19.4 Å². The first-order valence-corrected chi connectivity index (χ1v) is 8.25. The summed E-state index contributed by atoms with van der Waals surface area (Å²) in [5.74, 6) is 0.112. The van der Waals surface area contributed by atoms with Gasteiger partial charge in [-0.2, -0.15) is 0 Å². The monoisotopic (exact) mass is 294 g/mol. The minimum absolute atomic E-state index is 0.0710. The summed E-state index contributed by atoms with van der Waals surface area (Å²) in [5.41, 5.74) is -0.660. The molecule has 1 aliphatic heterocycles. The van der Waals surface area contributed by atoms with Gasteiger partial charge in [-0.1, -0.05) is 39.0 Å². The fraction of sp³-hybridized carbons (Fsp3) is 0.812. The molecule has 118 valence electrons. The molecule has 3 amide bonds. The van der Waals surface area contributed by atoms with E-state index in [9.17, 15) is 14.4 Å². The zero-order chi connectivity index (χ0) is 15.3. The number of hydrogen-bond donors (Lipinski definition) is 1. The molecule has 5 nitrogen and oxygen atoms in total. The second-order valence-corrected chi connectivity index (χ2v) is 6.23. The van der Waals surface area contributed by atoms with Crippen LogP contribution in [0.2, 0.25) is 0 Å². The Morgan fingerprint density at radius 1 is 1.14 bits per heavy atom. The lowest BCUT2D eigenvalue weighted by atomic mass is 9.84. The number of nitrogens with one attached hydrogen (secondary N) is 1. The van der Waals surface area contributed by atoms with Gasteiger partial charge in [-0.25, -0.2) is 4.79 Å². The molecular weight excluding hydrogens is 268 g/mol. The van der Waals surface area contributed by atoms with Crippen molar-refractivity contribution >= 4 is 17.7 Å². The van der Waals surface area contributed by atoms with Crippen molar-refractivity contribution in [3.8, 4) is 0 Å². The molecule has 1 N–H and O–H groups in total. The van der Waals surface area contributed by atoms with Crippen molar-refractivity contribution in [2.45, 2.75) is 76.7 Å². The Bertz CT molecular complexity index is 412. The average molecular weight is 294 g/mol. The van der Waals surface area contributed by atoms with Crippen LogP contribution < -0.4 is 5.32 Å². The maximum Gasteiger partial charge on any atom is 0.325 e. The highest BCUT2D eigenvalue weighted by atomic mass is 16.2. The van der Waals surface area contributed by atoms with Gasteiger partial charge in [0.05, 0.1) is 0 Å². The summed E-state index contributed by atoms with van der Waals surface area (Å²) in [6.45, 7) is 2.19. The molecule has 21 heavy (non-hydrogen) atoms. The summed E-state index contributed by atoms with van der Waals surface area (Å²) >= 11 is 0. The third-order valence-electron chi connectivity index (χ3n) is 4.68. The SMILES string of the molecule is CCC(=O)CCCN1C(=O)NC2(CCCCCCC2)C1=O. The lowest BCUT2D eigenvalue weighted by molar-refractivity contribution is -0.132. The number of nitrogens with zero attached hydrogens (tertiary/aromatic N) is 1. The van der Waals surface area contributed by atoms with Crippen LogP contribution in [0.1, 0.15) is 71.1 Å². The molecule has 5 heteroatoms. The van der Waals surface area contributed by atoms with Crippen LogP contribution in [0.3, 0.4) is 0 Å². The second kappa shape index (κ2) is 7.05. The number of ketones is 1. The van der Waals surface area contributed by atoms with Crippen LogP contribution in [0.15, 0.2) is 0 Å². The van der Waals surface area contributed by atoms with Crippen LogP contribution in [-0.4, -0.2) is 34.7 Å². The Morgan fingerprint density at radius 2 is 1.76 bits per heavy atom. The maximum absolute atomic E-state index is 12.7. The van der Waals surface area contributed by atoms with Crippen LogP contribution >= 0.6 is 0 Å². The molecule has 1 saturated carbocycles. The number of imide groups is 1. The van der Waals surface area contributed by atoms with Crippen LogP contribution in [0, 0.1) is 0 Å². The van der Waals surface area contributed by atoms with Gasteiger partial charge in [-0.15, -0.1) is 0 Å². The number of amides is 3. The maximum atomic E-state index is 12.7. The Balaban J connectivity index is 1.96. The molecule has 0 atom stereocenters. The standard InChI is InChI=1S/C16H26N2O3/c1-2-13(19)9-8-12-18-14(20)16(17-15(18)21)10-6-4-3-5-7-11-16/h2-12H2,1H3,(H,17,21). The topological polar surface area (TPSA) is 66.5 Å². The van der Waals surface area contributed by atoms with Gasteiger partial charge < -0.3 is 5.32 Å². The van der Waals surface area contributed by atoms with E-state index < -0.39 is 5.54 Å². The number of urea groups is 1. The third-order valence-corrected chi connectivity index (χ3v) is 4.68. The van der Waals surface area contributed by atoms with Gasteiger partial charge in [-0.3, -0.25) is 14.5 Å². The molecule has 1 heterocycles. The van der Waals surface area contributed by atoms with E-state index in [4.69, 9.17) is 0 Å². The molecule has 2 aliphatic rings. The van der Waals surface area contributed by atoms with Crippen LogP contribution in [0.5, 0.6) is 0 Å². The number of Topliss-reactive ketones (excluding diaryl/α,β-unsaturated/α-hetero) is 1. The quantitative estimate of drug-likeness (QED) is 0.793. The average Bonchev–Trinajstić information content (AvgIpc) is 2.67. The Labute approximate surface area is 126 Å². The largest absolute Gasteiger partial charge is 0.325 e. The van der Waals surface area contributed by atoms with Gasteiger partial charge in [0.2, 0.25) is 0 Å². The predicted octanol–water partition coefficient (Wildman–Crippen LogP) is 2.78. The van der Waals surface area contributed by atoms with Crippen molar-refractivity contribution in [1.29, 1.82) is 0 Å². The van der Waals surface area contributed by atoms with Gasteiger partial charge in [0.15, 0.2) is 0 Å². The molecule has 2 rings (SSSR count). The van der Waals surface area contributed by atoms with Crippen molar-refractivity contribution in [3.63, 3.8) is 0 Å². The number of carbonyl (C=O) groups is 3. The van der Waals surface area contributed by atoms with E-state index in [2.05, 4.69) is 5.32 Å². The summed E-state index contributed by atoms with van der Waals surface area (Å²) < 4.78 is 0. The Hall–Kier alpha value is -1.39. The predicted molar refractivity (Wildman–Crippen MR) is 79.8 cm³/mol. The number of hydrogen-bond acceptors (Lipinski definition) is 3. The third kappa shape index (κ3) is 3.63. The van der Waals surface area contributed by atoms with Crippen molar-refractivity contribution in [1.82, 2.24) is 10.2 Å². The van der Waals surface area contributed by atoms with Crippen molar-refractivity contribution in [2.75, 3.05) is 6.54 Å². The highest BCUT2D eigenvalue weighted by Crippen LogP contribution is 2.32. The summed E-state index contributed by atoms with van der Waals surface area (Å²) in [5, 5.41) is 2.94. The first-order valence-electron chi connectivity index (χ1n) is 8.25. The van der Waals surface area contributed by atoms with E-state index in [0.29, 0.717) is 25.8 Å². The number of carbonyl (C=O) groups excluding carboxylic acids is 3. The molecule has 1 aliphatic carbocycles. The molecule has 0 bridgehead atoms. The number of rotatable bonds is 5. The summed E-state index contributed by atoms with van der Waals surface area (Å²) in [6.07, 6.45) is 8.52. The lowest BCUT2D eigenvalue weighted by Gasteiger charge is -2.28. The van der Waals surface area contributed by atoms with Gasteiger partial charge in [0.1, 0.15) is 11.3 Å². The van der Waals surface area contributed by atoms with Gasteiger partial charge >= 0.3 is 6.03 Å². The molecule has 0 unspecified atom stereocenters. The molecule has 0 aromatic carbocycles. The molecule has 1 spiro atoms. The first kappa shape index (κ1) is 16.0. The molecule has 0 radical (unpaired) electrons. The molecular formula is C16H26N2O3. The lowest BCUT2D eigenvalue weighted by Crippen LogP contribution is -2.47. The highest BCUT2D eigenvalue weighted by Gasteiger charge is 2.49. The van der Waals surface area contributed by atoms with Crippen LogP contribution in [0.4, 0.5) is 4.79 Å². The molecule has 0 aromatic heterocycles. The fourth-order valence-electron chi connectivity index (χ4n) is 3.34. The van der Waals surface area contributed by atoms with E-state index in [1.54, 1.807) is 0 Å². The van der Waals surface area contributed by atoms with E-state index in [-0.39, 0.29) is 17.7 Å². The smallest absolute Gasteiger partial charge is 0.323 e. The molecule has 2 fully saturated rings. The zero-order valence-electron chi connectivity index (χ0n) is 13.0. The zero-order valence-corrected chi connectivity index (χ0v) is 13.0. The minimum atomic E-state index is -0.660. The normalized spacial score (nSPS) is 22.0. The van der Waals surface area contributed by atoms with Gasteiger partial charge in [-0.05, 0) is 19.3 Å². The van der Waals surface area contributed by atoms with E-state index in [1.807, 2.05) is 6.92 Å². The summed E-state index contributed by atoms with van der Waals surface area (Å²) in [6, 6.07) is -0.274. The van der Waals surface area contributed by atoms with Crippen LogP contribution in [0.25, 0.3) is 0 Å². The van der Waals surface area contributed by atoms with E-state index in [1.165, 1.54) is 11.3 Å². The van der Waals surface area contributed by atoms with Gasteiger partial charge in [0.25, 0.3) is 5.91 Å². The van der Waals surface area contributed by atoms with E-state index in [0.717, 1.165) is 38.5 Å². The molecule has 0 aromatic rings.